The maximum Gasteiger partial charge on any atom is 0.166 e. The van der Waals surface area contributed by atoms with Crippen LogP contribution in [-0.2, 0) is 16.1 Å². The average Bonchev–Trinajstić information content (AvgIpc) is 3.44. The first-order valence-electron chi connectivity index (χ1n) is 13.1. The molecule has 32 heavy (non-hydrogen) atoms. The second-order valence-electron chi connectivity index (χ2n) is 12.2. The molecule has 8 atom stereocenters. The molecular formula is C29H39NO2. The number of hydrogen-bond acceptors (Lipinski definition) is 3. The van der Waals surface area contributed by atoms with Crippen molar-refractivity contribution in [3.8, 4) is 0 Å². The van der Waals surface area contributed by atoms with Crippen LogP contribution in [-0.4, -0.2) is 28.6 Å². The Kier molecular flexibility index (Phi) is 4.97. The van der Waals surface area contributed by atoms with Crippen LogP contribution >= 0.6 is 0 Å². The maximum atomic E-state index is 14.0. The van der Waals surface area contributed by atoms with Crippen molar-refractivity contribution in [3.05, 3.63) is 47.0 Å². The van der Waals surface area contributed by atoms with Crippen LogP contribution in [0.25, 0.3) is 0 Å². The Morgan fingerprint density at radius 1 is 1.00 bits per heavy atom. The number of fused-ring (bicyclic) bond motifs is 6. The highest BCUT2D eigenvalue weighted by molar-refractivity contribution is 6.02. The van der Waals surface area contributed by atoms with Crippen LogP contribution in [0.2, 0.25) is 0 Å². The summed E-state index contributed by atoms with van der Waals surface area (Å²) < 4.78 is 7.01. The number of allylic oxidation sites excluding steroid dienone is 1. The van der Waals surface area contributed by atoms with Crippen LogP contribution in [0.15, 0.2) is 41.5 Å². The van der Waals surface area contributed by atoms with Gasteiger partial charge in [-0.3, -0.25) is 9.69 Å². The van der Waals surface area contributed by atoms with Gasteiger partial charge in [0.15, 0.2) is 5.78 Å². The highest BCUT2D eigenvalue weighted by atomic mass is 16.5. The summed E-state index contributed by atoms with van der Waals surface area (Å²) in [4.78, 5) is 16.5. The van der Waals surface area contributed by atoms with Crippen molar-refractivity contribution in [2.45, 2.75) is 90.6 Å². The molecule has 2 bridgehead atoms. The first-order chi connectivity index (χ1) is 15.4. The van der Waals surface area contributed by atoms with Gasteiger partial charge in [-0.25, -0.2) is 0 Å². The average molecular weight is 434 g/mol. The van der Waals surface area contributed by atoms with Crippen LogP contribution in [0.5, 0.6) is 0 Å². The molecule has 4 aliphatic carbocycles. The molecule has 1 heterocycles. The van der Waals surface area contributed by atoms with Gasteiger partial charge in [0.05, 0.1) is 6.10 Å². The van der Waals surface area contributed by atoms with Crippen LogP contribution in [0.1, 0.15) is 71.8 Å². The molecule has 5 aliphatic rings. The largest absolute Gasteiger partial charge is 0.355 e. The highest BCUT2D eigenvalue weighted by Crippen LogP contribution is 2.60. The monoisotopic (exact) mass is 433 g/mol. The van der Waals surface area contributed by atoms with Crippen molar-refractivity contribution in [1.82, 2.24) is 4.90 Å². The molecule has 3 saturated carbocycles. The summed E-state index contributed by atoms with van der Waals surface area (Å²) in [6.07, 6.45) is 7.54. The number of carbonyl (C=O) groups excluding carboxylic acids is 1. The van der Waals surface area contributed by atoms with Crippen LogP contribution in [0, 0.1) is 35.5 Å². The van der Waals surface area contributed by atoms with Crippen LogP contribution < -0.4 is 0 Å². The minimum atomic E-state index is -0.200. The number of benzene rings is 1. The topological polar surface area (TPSA) is 29.5 Å². The molecule has 0 amide bonds. The standard InChI is InChI=1S/C29H39NO2/c1-17-10-13-22-23(14-17)32-28(30(29(22,3)4)16-19-8-6-5-7-9-19)25-18(2)24-20-11-12-21(15-20)26(24)27(25)31/h5-9,17,20-24,26,28H,10-16H2,1-4H3/t17-,20+,21-,22-,23-,24-,26+,28+/m1/s1. The molecule has 0 aromatic heterocycles. The van der Waals surface area contributed by atoms with Crippen molar-refractivity contribution in [2.75, 3.05) is 0 Å². The van der Waals surface area contributed by atoms with Gasteiger partial charge in [-0.05, 0) is 82.1 Å². The molecule has 4 fully saturated rings. The normalized spacial score (nSPS) is 42.9. The second kappa shape index (κ2) is 7.53. The Hall–Kier alpha value is -1.45. The third kappa shape index (κ3) is 3.03. The summed E-state index contributed by atoms with van der Waals surface area (Å²) in [6, 6.07) is 10.8. The Bertz CT molecular complexity index is 934. The lowest BCUT2D eigenvalue weighted by Gasteiger charge is -2.57. The third-order valence-electron chi connectivity index (χ3n) is 10.1. The van der Waals surface area contributed by atoms with Gasteiger partial charge in [0.2, 0.25) is 0 Å². The van der Waals surface area contributed by atoms with Gasteiger partial charge in [-0.15, -0.1) is 0 Å². The molecule has 3 heteroatoms. The van der Waals surface area contributed by atoms with Crippen molar-refractivity contribution in [3.63, 3.8) is 0 Å². The zero-order valence-corrected chi connectivity index (χ0v) is 20.2. The minimum absolute atomic E-state index is 0.00614. The Labute approximate surface area is 193 Å². The molecule has 0 unspecified atom stereocenters. The highest BCUT2D eigenvalue weighted by Gasteiger charge is 2.59. The lowest BCUT2D eigenvalue weighted by molar-refractivity contribution is -0.223. The van der Waals surface area contributed by atoms with E-state index in [-0.39, 0.29) is 23.8 Å². The molecule has 6 rings (SSSR count). The van der Waals surface area contributed by atoms with Gasteiger partial charge in [0, 0.05) is 29.5 Å². The van der Waals surface area contributed by atoms with Gasteiger partial charge in [0.25, 0.3) is 0 Å². The van der Waals surface area contributed by atoms with E-state index < -0.39 is 0 Å². The maximum absolute atomic E-state index is 14.0. The van der Waals surface area contributed by atoms with E-state index in [0.717, 1.165) is 24.5 Å². The van der Waals surface area contributed by atoms with Crippen molar-refractivity contribution < 1.29 is 9.53 Å². The molecule has 0 spiro atoms. The van der Waals surface area contributed by atoms with Gasteiger partial charge >= 0.3 is 0 Å². The molecule has 3 nitrogen and oxygen atoms in total. The lowest BCUT2D eigenvalue weighted by Crippen LogP contribution is -2.65. The van der Waals surface area contributed by atoms with Gasteiger partial charge in [-0.2, -0.15) is 0 Å². The summed E-state index contributed by atoms with van der Waals surface area (Å²) in [6.45, 7) is 10.3. The van der Waals surface area contributed by atoms with Crippen LogP contribution in [0.3, 0.4) is 0 Å². The van der Waals surface area contributed by atoms with Crippen LogP contribution in [0.4, 0.5) is 0 Å². The zero-order valence-electron chi connectivity index (χ0n) is 20.2. The van der Waals surface area contributed by atoms with Crippen molar-refractivity contribution in [2.24, 2.45) is 35.5 Å². The molecular weight excluding hydrogens is 394 g/mol. The van der Waals surface area contributed by atoms with E-state index in [1.54, 1.807) is 0 Å². The van der Waals surface area contributed by atoms with Gasteiger partial charge < -0.3 is 4.74 Å². The van der Waals surface area contributed by atoms with E-state index in [1.807, 2.05) is 0 Å². The molecule has 1 aliphatic heterocycles. The minimum Gasteiger partial charge on any atom is -0.355 e. The molecule has 0 N–H and O–H groups in total. The number of ether oxygens (including phenoxy) is 1. The molecule has 172 valence electrons. The number of rotatable bonds is 3. The summed E-state index contributed by atoms with van der Waals surface area (Å²) in [5.41, 5.74) is 3.71. The fourth-order valence-corrected chi connectivity index (χ4v) is 8.49. The number of hydrogen-bond donors (Lipinski definition) is 0. The van der Waals surface area contributed by atoms with Crippen molar-refractivity contribution in [1.29, 1.82) is 0 Å². The third-order valence-corrected chi connectivity index (χ3v) is 10.1. The molecule has 1 aromatic carbocycles. The SMILES string of the molecule is CC1=C([C@@H]2O[C@@H]3C[C@H](C)CC[C@H]3C(C)(C)N2Cc2ccccc2)C(=O)[C@H]2[C@@H]3CC[C@@H](C3)[C@@H]12. The predicted octanol–water partition coefficient (Wildman–Crippen LogP) is 5.99. The predicted molar refractivity (Wildman–Crippen MR) is 127 cm³/mol. The molecule has 1 saturated heterocycles. The summed E-state index contributed by atoms with van der Waals surface area (Å²) in [5, 5.41) is 0. The van der Waals surface area contributed by atoms with Crippen molar-refractivity contribution >= 4 is 5.78 Å². The second-order valence-corrected chi connectivity index (χ2v) is 12.2. The summed E-state index contributed by atoms with van der Waals surface area (Å²) >= 11 is 0. The summed E-state index contributed by atoms with van der Waals surface area (Å²) in [7, 11) is 0. The number of ketones is 1. The quantitative estimate of drug-likeness (QED) is 0.586. The number of nitrogens with zero attached hydrogens (tertiary/aromatic N) is 1. The fourth-order valence-electron chi connectivity index (χ4n) is 8.49. The Balaban J connectivity index is 1.41. The summed E-state index contributed by atoms with van der Waals surface area (Å²) in [5.74, 6) is 3.74. The zero-order chi connectivity index (χ0) is 22.2. The Morgan fingerprint density at radius 2 is 1.72 bits per heavy atom. The smallest absolute Gasteiger partial charge is 0.166 e. The van der Waals surface area contributed by atoms with Gasteiger partial charge in [-0.1, -0.05) is 49.2 Å². The Morgan fingerprint density at radius 3 is 2.44 bits per heavy atom. The van der Waals surface area contributed by atoms with E-state index in [0.29, 0.717) is 29.5 Å². The van der Waals surface area contributed by atoms with E-state index in [9.17, 15) is 4.79 Å². The number of Topliss-reactive ketones (excluding diaryl/α,β-unsaturated/α-hetero) is 1. The fraction of sp³-hybridized carbons (Fsp3) is 0.690. The van der Waals surface area contributed by atoms with E-state index in [4.69, 9.17) is 4.74 Å². The lowest BCUT2D eigenvalue weighted by atomic mass is 9.69. The van der Waals surface area contributed by atoms with E-state index in [2.05, 4.69) is 62.9 Å². The first-order valence-corrected chi connectivity index (χ1v) is 13.1. The molecule has 0 radical (unpaired) electrons. The number of carbonyl (C=O) groups is 1. The first kappa shape index (κ1) is 21.1. The van der Waals surface area contributed by atoms with E-state index in [1.165, 1.54) is 43.2 Å². The van der Waals surface area contributed by atoms with E-state index >= 15 is 0 Å². The molecule has 1 aromatic rings. The van der Waals surface area contributed by atoms with Gasteiger partial charge in [0.1, 0.15) is 6.23 Å².